The summed E-state index contributed by atoms with van der Waals surface area (Å²) in [5, 5.41) is 27.5. The highest BCUT2D eigenvalue weighted by atomic mass is 35.5. The van der Waals surface area contributed by atoms with Crippen molar-refractivity contribution in [3.8, 4) is 11.5 Å². The van der Waals surface area contributed by atoms with Gasteiger partial charge in [-0.25, -0.2) is 0 Å². The molecule has 0 aromatic heterocycles. The lowest BCUT2D eigenvalue weighted by Crippen LogP contribution is -2.23. The molecule has 0 spiro atoms. The summed E-state index contributed by atoms with van der Waals surface area (Å²) in [6.07, 6.45) is -0.740. The van der Waals surface area contributed by atoms with Crippen LogP contribution < -0.4 is 5.73 Å². The zero-order chi connectivity index (χ0) is 10.0. The summed E-state index contributed by atoms with van der Waals surface area (Å²) in [6.45, 7) is 1.54. The number of hydrogen-bond acceptors (Lipinski definition) is 4. The molecule has 0 heterocycles. The molecule has 1 rings (SSSR count). The lowest BCUT2D eigenvalue weighted by Gasteiger charge is -2.16. The largest absolute Gasteiger partial charge is 0.508 e. The van der Waals surface area contributed by atoms with Crippen LogP contribution in [0.25, 0.3) is 0 Å². The Bertz CT molecular complexity index is 304. The van der Waals surface area contributed by atoms with E-state index in [1.54, 1.807) is 0 Å². The smallest absolute Gasteiger partial charge is 0.124 e. The van der Waals surface area contributed by atoms with Crippen molar-refractivity contribution in [3.05, 3.63) is 23.8 Å². The molecule has 80 valence electrons. The predicted octanol–water partition coefficient (Wildman–Crippen LogP) is 0.900. The molecule has 0 fully saturated rings. The van der Waals surface area contributed by atoms with Crippen molar-refractivity contribution in [1.29, 1.82) is 0 Å². The topological polar surface area (TPSA) is 86.7 Å². The van der Waals surface area contributed by atoms with Gasteiger partial charge in [0.05, 0.1) is 12.1 Å². The van der Waals surface area contributed by atoms with Crippen molar-refractivity contribution in [2.45, 2.75) is 19.1 Å². The number of rotatable bonds is 2. The van der Waals surface area contributed by atoms with E-state index in [0.717, 1.165) is 0 Å². The third kappa shape index (κ3) is 2.77. The van der Waals surface area contributed by atoms with Crippen LogP contribution in [0.1, 0.15) is 18.5 Å². The number of nitrogens with two attached hydrogens (primary N) is 1. The molecule has 0 amide bonds. The fourth-order valence-electron chi connectivity index (χ4n) is 1.07. The Morgan fingerprint density at radius 2 is 1.86 bits per heavy atom. The Kier molecular flexibility index (Phi) is 4.70. The predicted molar refractivity (Wildman–Crippen MR) is 55.6 cm³/mol. The van der Waals surface area contributed by atoms with Crippen molar-refractivity contribution in [1.82, 2.24) is 0 Å². The molecule has 14 heavy (non-hydrogen) atoms. The highest BCUT2D eigenvalue weighted by molar-refractivity contribution is 5.85. The Morgan fingerprint density at radius 1 is 1.29 bits per heavy atom. The van der Waals surface area contributed by atoms with E-state index in [9.17, 15) is 5.11 Å². The number of phenolic OH excluding ortho intramolecular Hbond substituents is 2. The monoisotopic (exact) mass is 219 g/mol. The van der Waals surface area contributed by atoms with E-state index in [0.29, 0.717) is 5.56 Å². The first-order chi connectivity index (χ1) is 6.02. The molecule has 0 bridgehead atoms. The van der Waals surface area contributed by atoms with Crippen LogP contribution in [0.2, 0.25) is 0 Å². The Hall–Kier alpha value is -0.970. The van der Waals surface area contributed by atoms with Crippen LogP contribution in [0.3, 0.4) is 0 Å². The number of aliphatic hydroxyl groups excluding tert-OH is 1. The first kappa shape index (κ1) is 13.0. The van der Waals surface area contributed by atoms with Crippen LogP contribution in [0.4, 0.5) is 0 Å². The lowest BCUT2D eigenvalue weighted by molar-refractivity contribution is 0.162. The van der Waals surface area contributed by atoms with Crippen LogP contribution in [-0.2, 0) is 0 Å². The number of aromatic hydroxyl groups is 2. The summed E-state index contributed by atoms with van der Waals surface area (Å²) in [7, 11) is 0. The Morgan fingerprint density at radius 3 is 2.29 bits per heavy atom. The van der Waals surface area contributed by atoms with E-state index < -0.39 is 12.1 Å². The van der Waals surface area contributed by atoms with Gasteiger partial charge in [0.1, 0.15) is 11.5 Å². The van der Waals surface area contributed by atoms with Gasteiger partial charge >= 0.3 is 0 Å². The molecule has 0 unspecified atom stereocenters. The van der Waals surface area contributed by atoms with Crippen molar-refractivity contribution in [2.24, 2.45) is 5.73 Å². The molecule has 4 nitrogen and oxygen atoms in total. The zero-order valence-electron chi connectivity index (χ0n) is 7.71. The fourth-order valence-corrected chi connectivity index (χ4v) is 1.07. The standard InChI is InChI=1S/C9H13NO3.ClH/c1-5(11)9(10)7-3-2-6(12)4-8(7)13;/h2-5,9,11-13H,10H2,1H3;1H/t5-,9-;/m1./s1. The highest BCUT2D eigenvalue weighted by Gasteiger charge is 2.15. The normalized spacial score (nSPS) is 14.2. The average Bonchev–Trinajstić information content (AvgIpc) is 2.03. The van der Waals surface area contributed by atoms with Gasteiger partial charge in [0.25, 0.3) is 0 Å². The van der Waals surface area contributed by atoms with E-state index in [1.165, 1.54) is 25.1 Å². The van der Waals surface area contributed by atoms with Crippen LogP contribution in [0.15, 0.2) is 18.2 Å². The van der Waals surface area contributed by atoms with Gasteiger partial charge in [0, 0.05) is 11.6 Å². The minimum atomic E-state index is -0.740. The molecule has 5 heteroatoms. The van der Waals surface area contributed by atoms with Crippen molar-refractivity contribution >= 4 is 12.4 Å². The third-order valence-corrected chi connectivity index (χ3v) is 1.89. The lowest BCUT2D eigenvalue weighted by atomic mass is 10.0. The van der Waals surface area contributed by atoms with Gasteiger partial charge in [-0.1, -0.05) is 0 Å². The maximum Gasteiger partial charge on any atom is 0.124 e. The summed E-state index contributed by atoms with van der Waals surface area (Å²) in [6, 6.07) is 3.46. The van der Waals surface area contributed by atoms with Crippen molar-refractivity contribution < 1.29 is 15.3 Å². The van der Waals surface area contributed by atoms with E-state index in [-0.39, 0.29) is 23.9 Å². The summed E-state index contributed by atoms with van der Waals surface area (Å²) in [5.74, 6) is -0.132. The van der Waals surface area contributed by atoms with Gasteiger partial charge in [0.15, 0.2) is 0 Å². The molecule has 5 N–H and O–H groups in total. The van der Waals surface area contributed by atoms with Gasteiger partial charge < -0.3 is 21.1 Å². The molecule has 1 aromatic rings. The van der Waals surface area contributed by atoms with E-state index >= 15 is 0 Å². The van der Waals surface area contributed by atoms with E-state index in [2.05, 4.69) is 0 Å². The van der Waals surface area contributed by atoms with E-state index in [4.69, 9.17) is 15.9 Å². The minimum Gasteiger partial charge on any atom is -0.508 e. The summed E-state index contributed by atoms with van der Waals surface area (Å²) in [5.41, 5.74) is 6.02. The molecule has 0 saturated heterocycles. The summed E-state index contributed by atoms with van der Waals surface area (Å²) in [4.78, 5) is 0. The molecule has 0 saturated carbocycles. The number of phenols is 2. The van der Waals surface area contributed by atoms with Gasteiger partial charge in [-0.3, -0.25) is 0 Å². The Labute approximate surface area is 88.4 Å². The minimum absolute atomic E-state index is 0. The SMILES string of the molecule is C[C@@H](O)[C@@H](N)c1ccc(O)cc1O.Cl. The highest BCUT2D eigenvalue weighted by Crippen LogP contribution is 2.28. The first-order valence-electron chi connectivity index (χ1n) is 3.98. The summed E-state index contributed by atoms with van der Waals surface area (Å²) >= 11 is 0. The third-order valence-electron chi connectivity index (χ3n) is 1.89. The Balaban J connectivity index is 0.00000169. The second-order valence-corrected chi connectivity index (χ2v) is 3.01. The second kappa shape index (κ2) is 5.05. The molecule has 0 aliphatic rings. The van der Waals surface area contributed by atoms with E-state index in [1.807, 2.05) is 0 Å². The molecule has 0 aliphatic carbocycles. The van der Waals surface area contributed by atoms with Crippen LogP contribution in [0, 0.1) is 0 Å². The number of benzene rings is 1. The molecule has 0 radical (unpaired) electrons. The number of hydrogen-bond donors (Lipinski definition) is 4. The van der Waals surface area contributed by atoms with Crippen LogP contribution in [-0.4, -0.2) is 21.4 Å². The van der Waals surface area contributed by atoms with Gasteiger partial charge in [-0.2, -0.15) is 0 Å². The average molecular weight is 220 g/mol. The number of halogens is 1. The molecule has 2 atom stereocenters. The maximum absolute atomic E-state index is 9.36. The van der Waals surface area contributed by atoms with Crippen LogP contribution >= 0.6 is 12.4 Å². The molecule has 0 aliphatic heterocycles. The van der Waals surface area contributed by atoms with Gasteiger partial charge in [0.2, 0.25) is 0 Å². The fraction of sp³-hybridized carbons (Fsp3) is 0.333. The molecule has 1 aromatic carbocycles. The molecular formula is C9H14ClNO3. The maximum atomic E-state index is 9.36. The van der Waals surface area contributed by atoms with Crippen molar-refractivity contribution in [2.75, 3.05) is 0 Å². The van der Waals surface area contributed by atoms with Crippen LogP contribution in [0.5, 0.6) is 11.5 Å². The van der Waals surface area contributed by atoms with Gasteiger partial charge in [-0.15, -0.1) is 12.4 Å². The van der Waals surface area contributed by atoms with Crippen molar-refractivity contribution in [3.63, 3.8) is 0 Å². The zero-order valence-corrected chi connectivity index (χ0v) is 8.53. The number of aliphatic hydroxyl groups is 1. The quantitative estimate of drug-likeness (QED) is 0.595. The first-order valence-corrected chi connectivity index (χ1v) is 3.98. The summed E-state index contributed by atoms with van der Waals surface area (Å²) < 4.78 is 0. The molecular weight excluding hydrogens is 206 g/mol. The second-order valence-electron chi connectivity index (χ2n) is 3.01. The van der Waals surface area contributed by atoms with Gasteiger partial charge in [-0.05, 0) is 19.1 Å².